The predicted molar refractivity (Wildman–Crippen MR) is 81.8 cm³/mol. The number of allylic oxidation sites excluding steroid dienone is 2. The van der Waals surface area contributed by atoms with E-state index in [0.717, 1.165) is 23.4 Å². The molecule has 0 spiro atoms. The zero-order valence-electron chi connectivity index (χ0n) is 12.1. The van der Waals surface area contributed by atoms with Crippen LogP contribution in [0.5, 0.6) is 0 Å². The van der Waals surface area contributed by atoms with Crippen LogP contribution >= 0.6 is 0 Å². The molecule has 1 saturated carbocycles. The number of fused-ring (bicyclic) bond motifs is 2. The highest BCUT2D eigenvalue weighted by molar-refractivity contribution is 5.94. The summed E-state index contributed by atoms with van der Waals surface area (Å²) in [4.78, 5) is 11.5. The molecule has 0 heterocycles. The number of nitrogens with one attached hydrogen (secondary N) is 2. The Hall–Kier alpha value is -1.77. The van der Waals surface area contributed by atoms with E-state index in [0.29, 0.717) is 11.6 Å². The number of rotatable bonds is 4. The molecule has 0 aromatic heterocycles. The minimum Gasteiger partial charge on any atom is -0.382 e. The topological polar surface area (TPSA) is 41.1 Å². The number of hydrogen-bond acceptors (Lipinski definition) is 2. The minimum absolute atomic E-state index is 0.0390. The van der Waals surface area contributed by atoms with Gasteiger partial charge in [0.25, 0.3) is 5.91 Å². The quantitative estimate of drug-likeness (QED) is 0.826. The first-order chi connectivity index (χ1) is 9.67. The van der Waals surface area contributed by atoms with Crippen LogP contribution in [0.2, 0.25) is 0 Å². The number of benzene rings is 1. The lowest BCUT2D eigenvalue weighted by molar-refractivity contribution is 0.0963. The normalized spacial score (nSPS) is 28.4. The number of amides is 1. The average Bonchev–Trinajstić information content (AvgIpc) is 3.10. The lowest BCUT2D eigenvalue weighted by atomic mass is 9.87. The fraction of sp³-hybridized carbons (Fsp3) is 0.471. The van der Waals surface area contributed by atoms with Gasteiger partial charge in [0.05, 0.1) is 0 Å². The molecule has 20 heavy (non-hydrogen) atoms. The highest BCUT2D eigenvalue weighted by Crippen LogP contribution is 2.45. The summed E-state index contributed by atoms with van der Waals surface area (Å²) in [6, 6.07) is 8.19. The summed E-state index contributed by atoms with van der Waals surface area (Å²) in [5.74, 6) is 2.27. The van der Waals surface area contributed by atoms with Crippen molar-refractivity contribution in [2.24, 2.45) is 17.8 Å². The largest absolute Gasteiger partial charge is 0.382 e. The van der Waals surface area contributed by atoms with Crippen molar-refractivity contribution < 1.29 is 4.79 Å². The maximum Gasteiger partial charge on any atom is 0.251 e. The Bertz CT molecular complexity index is 520. The Balaban J connectivity index is 1.63. The van der Waals surface area contributed by atoms with Crippen LogP contribution < -0.4 is 10.6 Å². The van der Waals surface area contributed by atoms with Crippen molar-refractivity contribution in [2.75, 3.05) is 12.4 Å². The molecular weight excluding hydrogens is 248 g/mol. The van der Waals surface area contributed by atoms with Crippen molar-refractivity contribution in [3.8, 4) is 0 Å². The van der Waals surface area contributed by atoms with Crippen LogP contribution in [-0.2, 0) is 0 Å². The van der Waals surface area contributed by atoms with Gasteiger partial charge < -0.3 is 10.6 Å². The summed E-state index contributed by atoms with van der Waals surface area (Å²) >= 11 is 0. The zero-order chi connectivity index (χ0) is 14.1. The van der Waals surface area contributed by atoms with Crippen molar-refractivity contribution in [3.05, 3.63) is 42.0 Å². The molecule has 1 amide bonds. The van der Waals surface area contributed by atoms with Gasteiger partial charge in [0.1, 0.15) is 0 Å². The van der Waals surface area contributed by atoms with Gasteiger partial charge in [-0.05, 0) is 61.8 Å². The number of anilines is 1. The van der Waals surface area contributed by atoms with E-state index in [4.69, 9.17) is 0 Å². The van der Waals surface area contributed by atoms with E-state index in [1.807, 2.05) is 24.3 Å². The Labute approximate surface area is 120 Å². The van der Waals surface area contributed by atoms with Crippen LogP contribution in [0, 0.1) is 17.8 Å². The second-order valence-corrected chi connectivity index (χ2v) is 6.03. The molecule has 0 radical (unpaired) electrons. The molecule has 4 unspecified atom stereocenters. The smallest absolute Gasteiger partial charge is 0.251 e. The highest BCUT2D eigenvalue weighted by Gasteiger charge is 2.38. The molecule has 3 heteroatoms. The van der Waals surface area contributed by atoms with E-state index in [1.54, 1.807) is 7.05 Å². The molecule has 0 saturated heterocycles. The predicted octanol–water partition coefficient (Wildman–Crippen LogP) is 3.06. The van der Waals surface area contributed by atoms with Crippen molar-refractivity contribution in [1.29, 1.82) is 0 Å². The Morgan fingerprint density at radius 3 is 2.50 bits per heavy atom. The highest BCUT2D eigenvalue weighted by atomic mass is 16.1. The molecule has 1 aromatic carbocycles. The molecule has 4 atom stereocenters. The van der Waals surface area contributed by atoms with E-state index >= 15 is 0 Å². The summed E-state index contributed by atoms with van der Waals surface area (Å²) in [6.45, 7) is 2.27. The first kappa shape index (κ1) is 13.2. The van der Waals surface area contributed by atoms with Crippen molar-refractivity contribution >= 4 is 11.6 Å². The van der Waals surface area contributed by atoms with Gasteiger partial charge in [-0.1, -0.05) is 12.2 Å². The summed E-state index contributed by atoms with van der Waals surface area (Å²) in [5, 5.41) is 6.22. The molecule has 2 N–H and O–H groups in total. The van der Waals surface area contributed by atoms with Crippen LogP contribution in [0.3, 0.4) is 0 Å². The van der Waals surface area contributed by atoms with Gasteiger partial charge in [-0.15, -0.1) is 0 Å². The summed E-state index contributed by atoms with van der Waals surface area (Å²) in [6.07, 6.45) is 7.43. The fourth-order valence-electron chi connectivity index (χ4n) is 3.63. The second kappa shape index (κ2) is 5.31. The van der Waals surface area contributed by atoms with Gasteiger partial charge in [0.15, 0.2) is 0 Å². The minimum atomic E-state index is -0.0390. The van der Waals surface area contributed by atoms with Gasteiger partial charge >= 0.3 is 0 Å². The van der Waals surface area contributed by atoms with E-state index in [-0.39, 0.29) is 5.91 Å². The molecule has 2 aliphatic carbocycles. The average molecular weight is 270 g/mol. The SMILES string of the molecule is CNC(=O)c1ccc(NC(C)C2CC3C=CC2C3)cc1. The molecule has 1 fully saturated rings. The Kier molecular flexibility index (Phi) is 3.51. The monoisotopic (exact) mass is 270 g/mol. The van der Waals surface area contributed by atoms with E-state index in [9.17, 15) is 4.79 Å². The summed E-state index contributed by atoms with van der Waals surface area (Å²) in [5.41, 5.74) is 1.80. The number of carbonyl (C=O) groups excluding carboxylic acids is 1. The fourth-order valence-corrected chi connectivity index (χ4v) is 3.63. The van der Waals surface area contributed by atoms with E-state index in [2.05, 4.69) is 29.7 Å². The third-order valence-electron chi connectivity index (χ3n) is 4.74. The van der Waals surface area contributed by atoms with Gasteiger partial charge in [-0.2, -0.15) is 0 Å². The maximum absolute atomic E-state index is 11.5. The standard InChI is InChI=1S/C17H22N2O/c1-11(16-10-12-3-4-14(16)9-12)19-15-7-5-13(6-8-15)17(20)18-2/h3-8,11-12,14,16,19H,9-10H2,1-2H3,(H,18,20). The second-order valence-electron chi connectivity index (χ2n) is 6.03. The van der Waals surface area contributed by atoms with E-state index in [1.165, 1.54) is 12.8 Å². The third kappa shape index (κ3) is 2.45. The molecule has 2 aliphatic rings. The Morgan fingerprint density at radius 2 is 1.95 bits per heavy atom. The molecule has 3 rings (SSSR count). The summed E-state index contributed by atoms with van der Waals surface area (Å²) < 4.78 is 0. The van der Waals surface area contributed by atoms with Gasteiger partial charge in [0, 0.05) is 24.3 Å². The zero-order valence-corrected chi connectivity index (χ0v) is 12.1. The van der Waals surface area contributed by atoms with Crippen LogP contribution in [-0.4, -0.2) is 19.0 Å². The maximum atomic E-state index is 11.5. The van der Waals surface area contributed by atoms with Crippen molar-refractivity contribution in [1.82, 2.24) is 5.32 Å². The van der Waals surface area contributed by atoms with Gasteiger partial charge in [-0.25, -0.2) is 0 Å². The van der Waals surface area contributed by atoms with Crippen molar-refractivity contribution in [3.63, 3.8) is 0 Å². The molecular formula is C17H22N2O. The van der Waals surface area contributed by atoms with Gasteiger partial charge in [-0.3, -0.25) is 4.79 Å². The number of hydrogen-bond donors (Lipinski definition) is 2. The molecule has 2 bridgehead atoms. The van der Waals surface area contributed by atoms with Gasteiger partial charge in [0.2, 0.25) is 0 Å². The Morgan fingerprint density at radius 1 is 1.20 bits per heavy atom. The first-order valence-corrected chi connectivity index (χ1v) is 7.44. The van der Waals surface area contributed by atoms with Crippen LogP contribution in [0.25, 0.3) is 0 Å². The molecule has 3 nitrogen and oxygen atoms in total. The van der Waals surface area contributed by atoms with Crippen molar-refractivity contribution in [2.45, 2.75) is 25.8 Å². The van der Waals surface area contributed by atoms with Crippen LogP contribution in [0.1, 0.15) is 30.1 Å². The third-order valence-corrected chi connectivity index (χ3v) is 4.74. The lowest BCUT2D eigenvalue weighted by Crippen LogP contribution is -2.28. The first-order valence-electron chi connectivity index (χ1n) is 7.44. The van der Waals surface area contributed by atoms with Crippen LogP contribution in [0.15, 0.2) is 36.4 Å². The van der Waals surface area contributed by atoms with Crippen LogP contribution in [0.4, 0.5) is 5.69 Å². The van der Waals surface area contributed by atoms with E-state index < -0.39 is 0 Å². The molecule has 0 aliphatic heterocycles. The lowest BCUT2D eigenvalue weighted by Gasteiger charge is -2.27. The summed E-state index contributed by atoms with van der Waals surface area (Å²) in [7, 11) is 1.65. The molecule has 106 valence electrons. The molecule has 1 aromatic rings. The number of carbonyl (C=O) groups is 1.